The first kappa shape index (κ1) is 17.2. The van der Waals surface area contributed by atoms with Crippen molar-refractivity contribution in [3.8, 4) is 5.75 Å². The van der Waals surface area contributed by atoms with Crippen molar-refractivity contribution in [3.63, 3.8) is 0 Å². The number of amides is 1. The van der Waals surface area contributed by atoms with Gasteiger partial charge in [-0.05, 0) is 36.2 Å². The van der Waals surface area contributed by atoms with Crippen LogP contribution in [0.3, 0.4) is 0 Å². The molecule has 0 saturated carbocycles. The monoisotopic (exact) mass is 400 g/mol. The normalized spacial score (nSPS) is 10.6. The van der Waals surface area contributed by atoms with Crippen LogP contribution in [-0.4, -0.2) is 30.3 Å². The molecule has 128 valence electrons. The third kappa shape index (κ3) is 4.28. The lowest BCUT2D eigenvalue weighted by Crippen LogP contribution is -2.30. The molecule has 0 fully saturated rings. The Kier molecular flexibility index (Phi) is 5.50. The Morgan fingerprint density at radius 1 is 1.24 bits per heavy atom. The first-order valence-electron chi connectivity index (χ1n) is 7.86. The molecule has 0 spiro atoms. The summed E-state index contributed by atoms with van der Waals surface area (Å²) in [6, 6.07) is 13.1. The van der Waals surface area contributed by atoms with Crippen LogP contribution < -0.4 is 10.1 Å². The number of para-hydroxylation sites is 1. The van der Waals surface area contributed by atoms with Gasteiger partial charge in [-0.15, -0.1) is 0 Å². The lowest BCUT2D eigenvalue weighted by molar-refractivity contribution is -0.123. The fourth-order valence-electron chi connectivity index (χ4n) is 2.61. The van der Waals surface area contributed by atoms with Crippen molar-refractivity contribution < 1.29 is 14.3 Å². The van der Waals surface area contributed by atoms with E-state index in [1.807, 2.05) is 24.4 Å². The van der Waals surface area contributed by atoms with E-state index in [9.17, 15) is 9.59 Å². The highest BCUT2D eigenvalue weighted by Gasteiger charge is 2.08. The maximum Gasteiger partial charge on any atom is 0.257 e. The molecule has 6 heteroatoms. The third-order valence-corrected chi connectivity index (χ3v) is 4.34. The van der Waals surface area contributed by atoms with Gasteiger partial charge in [-0.2, -0.15) is 0 Å². The summed E-state index contributed by atoms with van der Waals surface area (Å²) in [7, 11) is 0. The van der Waals surface area contributed by atoms with E-state index in [1.165, 1.54) is 5.39 Å². The Morgan fingerprint density at radius 3 is 2.92 bits per heavy atom. The smallest absolute Gasteiger partial charge is 0.257 e. The highest BCUT2D eigenvalue weighted by Crippen LogP contribution is 2.21. The molecule has 2 N–H and O–H groups in total. The van der Waals surface area contributed by atoms with Crippen LogP contribution in [0.15, 0.2) is 53.1 Å². The molecule has 3 rings (SSSR count). The minimum atomic E-state index is -0.223. The number of fused-ring (bicyclic) bond motifs is 1. The Balaban J connectivity index is 1.49. The predicted molar refractivity (Wildman–Crippen MR) is 100 cm³/mol. The van der Waals surface area contributed by atoms with Crippen molar-refractivity contribution in [2.45, 2.75) is 6.42 Å². The van der Waals surface area contributed by atoms with Crippen molar-refractivity contribution in [3.05, 3.63) is 64.3 Å². The molecule has 0 saturated heterocycles. The number of H-pyrrole nitrogens is 1. The zero-order valence-corrected chi connectivity index (χ0v) is 15.0. The SMILES string of the molecule is O=Cc1cc(Br)ccc1OCC(=O)NCCc1c[nH]c2ccccc12. The molecule has 1 aromatic heterocycles. The van der Waals surface area contributed by atoms with E-state index in [0.717, 1.165) is 22.0 Å². The summed E-state index contributed by atoms with van der Waals surface area (Å²) in [5.41, 5.74) is 2.65. The third-order valence-electron chi connectivity index (χ3n) is 3.85. The number of halogens is 1. The average Bonchev–Trinajstić information content (AvgIpc) is 3.04. The number of hydrogen-bond acceptors (Lipinski definition) is 3. The molecular formula is C19H17BrN2O3. The topological polar surface area (TPSA) is 71.2 Å². The minimum absolute atomic E-state index is 0.129. The van der Waals surface area contributed by atoms with Gasteiger partial charge in [0.25, 0.3) is 5.91 Å². The second kappa shape index (κ2) is 7.98. The summed E-state index contributed by atoms with van der Waals surface area (Å²) in [5.74, 6) is 0.171. The van der Waals surface area contributed by atoms with Crippen LogP contribution in [0.5, 0.6) is 5.75 Å². The van der Waals surface area contributed by atoms with Crippen LogP contribution in [0, 0.1) is 0 Å². The van der Waals surface area contributed by atoms with Gasteiger partial charge < -0.3 is 15.0 Å². The van der Waals surface area contributed by atoms with Crippen LogP contribution in [0.25, 0.3) is 10.9 Å². The van der Waals surface area contributed by atoms with E-state index in [-0.39, 0.29) is 12.5 Å². The van der Waals surface area contributed by atoms with Gasteiger partial charge in [0.1, 0.15) is 5.75 Å². The lowest BCUT2D eigenvalue weighted by Gasteiger charge is -2.09. The molecule has 0 atom stereocenters. The lowest BCUT2D eigenvalue weighted by atomic mass is 10.1. The molecule has 0 bridgehead atoms. The molecule has 0 aliphatic carbocycles. The van der Waals surface area contributed by atoms with Crippen molar-refractivity contribution in [1.29, 1.82) is 0 Å². The molecule has 0 radical (unpaired) electrons. The second-order valence-corrected chi connectivity index (χ2v) is 6.46. The van der Waals surface area contributed by atoms with Crippen molar-refractivity contribution >= 4 is 39.0 Å². The fraction of sp³-hybridized carbons (Fsp3) is 0.158. The number of rotatable bonds is 7. The highest BCUT2D eigenvalue weighted by molar-refractivity contribution is 9.10. The number of benzene rings is 2. The molecule has 0 aliphatic rings. The highest BCUT2D eigenvalue weighted by atomic mass is 79.9. The summed E-state index contributed by atoms with van der Waals surface area (Å²) >= 11 is 3.29. The van der Waals surface area contributed by atoms with Gasteiger partial charge in [0, 0.05) is 28.1 Å². The molecule has 5 nitrogen and oxygen atoms in total. The number of carbonyl (C=O) groups excluding carboxylic acids is 2. The zero-order valence-electron chi connectivity index (χ0n) is 13.4. The molecule has 1 heterocycles. The van der Waals surface area contributed by atoms with Gasteiger partial charge in [-0.25, -0.2) is 0 Å². The Hall–Kier alpha value is -2.60. The largest absolute Gasteiger partial charge is 0.483 e. The van der Waals surface area contributed by atoms with Crippen LogP contribution in [0.2, 0.25) is 0 Å². The first-order valence-corrected chi connectivity index (χ1v) is 8.66. The van der Waals surface area contributed by atoms with E-state index in [4.69, 9.17) is 4.74 Å². The Labute approximate surface area is 153 Å². The standard InChI is InChI=1S/C19H17BrN2O3/c20-15-5-6-18(14(9-15)11-23)25-12-19(24)21-8-7-13-10-22-17-4-2-1-3-16(13)17/h1-6,9-11,22H,7-8,12H2,(H,21,24). The second-order valence-electron chi connectivity index (χ2n) is 5.55. The van der Waals surface area contributed by atoms with Crippen molar-refractivity contribution in [1.82, 2.24) is 10.3 Å². The molecule has 25 heavy (non-hydrogen) atoms. The molecular weight excluding hydrogens is 384 g/mol. The number of aromatic nitrogens is 1. The summed E-state index contributed by atoms with van der Waals surface area (Å²) in [4.78, 5) is 26.2. The minimum Gasteiger partial charge on any atom is -0.483 e. The van der Waals surface area contributed by atoms with Gasteiger partial charge in [0.2, 0.25) is 0 Å². The predicted octanol–water partition coefficient (Wildman–Crippen LogP) is 3.48. The van der Waals surface area contributed by atoms with Gasteiger partial charge in [-0.1, -0.05) is 34.1 Å². The molecule has 0 unspecified atom stereocenters. The average molecular weight is 401 g/mol. The Morgan fingerprint density at radius 2 is 2.08 bits per heavy atom. The summed E-state index contributed by atoms with van der Waals surface area (Å²) in [6.07, 6.45) is 3.40. The number of ether oxygens (including phenoxy) is 1. The van der Waals surface area contributed by atoms with Crippen molar-refractivity contribution in [2.24, 2.45) is 0 Å². The summed E-state index contributed by atoms with van der Waals surface area (Å²) in [5, 5.41) is 3.99. The molecule has 2 aromatic carbocycles. The van der Waals surface area contributed by atoms with E-state index >= 15 is 0 Å². The summed E-state index contributed by atoms with van der Waals surface area (Å²) < 4.78 is 6.22. The van der Waals surface area contributed by atoms with Gasteiger partial charge in [0.15, 0.2) is 12.9 Å². The van der Waals surface area contributed by atoms with Crippen LogP contribution in [-0.2, 0) is 11.2 Å². The van der Waals surface area contributed by atoms with Crippen LogP contribution in [0.4, 0.5) is 0 Å². The zero-order chi connectivity index (χ0) is 17.6. The summed E-state index contributed by atoms with van der Waals surface area (Å²) in [6.45, 7) is 0.390. The number of nitrogens with one attached hydrogen (secondary N) is 2. The van der Waals surface area contributed by atoms with Crippen LogP contribution >= 0.6 is 15.9 Å². The number of aromatic amines is 1. The van der Waals surface area contributed by atoms with E-state index in [2.05, 4.69) is 32.3 Å². The van der Waals surface area contributed by atoms with Gasteiger partial charge in [0.05, 0.1) is 5.56 Å². The van der Waals surface area contributed by atoms with E-state index < -0.39 is 0 Å². The van der Waals surface area contributed by atoms with Gasteiger partial charge in [-0.3, -0.25) is 9.59 Å². The maximum absolute atomic E-state index is 11.9. The number of carbonyl (C=O) groups is 2. The van der Waals surface area contributed by atoms with Crippen LogP contribution in [0.1, 0.15) is 15.9 Å². The Bertz CT molecular complexity index is 905. The number of aldehydes is 1. The first-order chi connectivity index (χ1) is 12.2. The quantitative estimate of drug-likeness (QED) is 0.596. The van der Waals surface area contributed by atoms with E-state index in [1.54, 1.807) is 18.2 Å². The number of hydrogen-bond donors (Lipinski definition) is 2. The maximum atomic E-state index is 11.9. The molecule has 0 aliphatic heterocycles. The molecule has 3 aromatic rings. The molecule has 1 amide bonds. The van der Waals surface area contributed by atoms with Gasteiger partial charge >= 0.3 is 0 Å². The van der Waals surface area contributed by atoms with Crippen molar-refractivity contribution in [2.75, 3.05) is 13.2 Å². The fourth-order valence-corrected chi connectivity index (χ4v) is 2.99. The van der Waals surface area contributed by atoms with E-state index in [0.29, 0.717) is 24.1 Å².